The summed E-state index contributed by atoms with van der Waals surface area (Å²) >= 11 is 0. The van der Waals surface area contributed by atoms with Gasteiger partial charge in [-0.3, -0.25) is 0 Å². The largest absolute Gasteiger partial charge is 0.433 e. The lowest BCUT2D eigenvalue weighted by atomic mass is 9.57. The van der Waals surface area contributed by atoms with Crippen molar-refractivity contribution in [1.82, 2.24) is 10.3 Å². The van der Waals surface area contributed by atoms with E-state index in [1.54, 1.807) is 0 Å². The van der Waals surface area contributed by atoms with Crippen LogP contribution in [0.4, 0.5) is 13.2 Å². The highest BCUT2D eigenvalue weighted by molar-refractivity contribution is 7.89. The first-order chi connectivity index (χ1) is 9.61. The van der Waals surface area contributed by atoms with Gasteiger partial charge in [0.1, 0.15) is 10.6 Å². The third kappa shape index (κ3) is 2.53. The molecule has 1 saturated heterocycles. The van der Waals surface area contributed by atoms with Crippen molar-refractivity contribution in [2.24, 2.45) is 10.6 Å². The summed E-state index contributed by atoms with van der Waals surface area (Å²) in [6.07, 6.45) is -3.33. The quantitative estimate of drug-likeness (QED) is 0.857. The Morgan fingerprint density at radius 3 is 2.33 bits per heavy atom. The maximum atomic E-state index is 12.8. The van der Waals surface area contributed by atoms with Crippen LogP contribution in [0.2, 0.25) is 0 Å². The number of nitrogens with zero attached hydrogens (tertiary/aromatic N) is 1. The smallest absolute Gasteiger partial charge is 0.316 e. The van der Waals surface area contributed by atoms with Crippen molar-refractivity contribution in [3.05, 3.63) is 23.5 Å². The maximum absolute atomic E-state index is 12.8. The second-order valence-corrected chi connectivity index (χ2v) is 7.36. The molecular formula is C12H14F3N3O2S. The number of hydrogen-bond acceptors (Lipinski definition) is 4. The van der Waals surface area contributed by atoms with E-state index in [4.69, 9.17) is 5.14 Å². The Kier molecular flexibility index (Phi) is 3.09. The molecule has 1 spiro atoms. The number of sulfonamides is 1. The van der Waals surface area contributed by atoms with Crippen molar-refractivity contribution in [3.63, 3.8) is 0 Å². The van der Waals surface area contributed by atoms with Gasteiger partial charge in [0.2, 0.25) is 10.0 Å². The zero-order chi connectivity index (χ0) is 15.5. The Balaban J connectivity index is 1.99. The highest BCUT2D eigenvalue weighted by Gasteiger charge is 2.50. The molecule has 3 rings (SSSR count). The summed E-state index contributed by atoms with van der Waals surface area (Å²) in [5, 5.41) is 8.20. The van der Waals surface area contributed by atoms with Crippen molar-refractivity contribution in [2.45, 2.75) is 29.8 Å². The van der Waals surface area contributed by atoms with Crippen LogP contribution in [0.5, 0.6) is 0 Å². The lowest BCUT2D eigenvalue weighted by molar-refractivity contribution is -0.141. The van der Waals surface area contributed by atoms with Gasteiger partial charge in [-0.1, -0.05) is 0 Å². The van der Waals surface area contributed by atoms with E-state index < -0.39 is 21.9 Å². The summed E-state index contributed by atoms with van der Waals surface area (Å²) < 4.78 is 61.4. The van der Waals surface area contributed by atoms with Gasteiger partial charge >= 0.3 is 6.18 Å². The van der Waals surface area contributed by atoms with E-state index in [2.05, 4.69) is 10.3 Å². The van der Waals surface area contributed by atoms with E-state index in [0.717, 1.165) is 19.2 Å². The van der Waals surface area contributed by atoms with E-state index in [1.807, 2.05) is 0 Å². The molecule has 1 aromatic heterocycles. The zero-order valence-corrected chi connectivity index (χ0v) is 11.8. The summed E-state index contributed by atoms with van der Waals surface area (Å²) in [6, 6.07) is 1.56. The van der Waals surface area contributed by atoms with Gasteiger partial charge in [-0.15, -0.1) is 0 Å². The lowest BCUT2D eigenvalue weighted by Crippen LogP contribution is -2.59. The topological polar surface area (TPSA) is 85.1 Å². The lowest BCUT2D eigenvalue weighted by Gasteiger charge is -2.54. The molecule has 9 heteroatoms. The van der Waals surface area contributed by atoms with Crippen LogP contribution in [-0.2, 0) is 16.2 Å². The number of halogens is 3. The average Bonchev–Trinajstić information content (AvgIpc) is 2.22. The number of primary sulfonamides is 1. The van der Waals surface area contributed by atoms with Crippen molar-refractivity contribution in [1.29, 1.82) is 0 Å². The van der Waals surface area contributed by atoms with Crippen LogP contribution in [0.25, 0.3) is 0 Å². The number of rotatable bonds is 2. The van der Waals surface area contributed by atoms with Gasteiger partial charge in [0.15, 0.2) is 0 Å². The molecule has 0 radical (unpaired) electrons. The van der Waals surface area contributed by atoms with Gasteiger partial charge in [0, 0.05) is 19.0 Å². The molecule has 5 nitrogen and oxygen atoms in total. The van der Waals surface area contributed by atoms with Crippen LogP contribution in [-0.4, -0.2) is 26.5 Å². The summed E-state index contributed by atoms with van der Waals surface area (Å²) in [5.74, 6) is -0.289. The summed E-state index contributed by atoms with van der Waals surface area (Å²) in [7, 11) is -4.09. The van der Waals surface area contributed by atoms with E-state index in [1.165, 1.54) is 0 Å². The van der Waals surface area contributed by atoms with Crippen LogP contribution >= 0.6 is 0 Å². The van der Waals surface area contributed by atoms with Gasteiger partial charge in [0.05, 0.1) is 5.69 Å². The van der Waals surface area contributed by atoms with Gasteiger partial charge < -0.3 is 5.32 Å². The van der Waals surface area contributed by atoms with Gasteiger partial charge in [-0.05, 0) is 30.4 Å². The minimum atomic E-state index is -4.61. The molecule has 0 aromatic carbocycles. The van der Waals surface area contributed by atoms with Crippen molar-refractivity contribution < 1.29 is 21.6 Å². The monoisotopic (exact) mass is 321 g/mol. The third-order valence-electron chi connectivity index (χ3n) is 4.23. The van der Waals surface area contributed by atoms with Gasteiger partial charge in [0.25, 0.3) is 0 Å². The molecule has 1 aromatic rings. The third-order valence-corrected chi connectivity index (χ3v) is 5.19. The molecule has 21 heavy (non-hydrogen) atoms. The maximum Gasteiger partial charge on any atom is 0.433 e. The number of hydrogen-bond donors (Lipinski definition) is 2. The van der Waals surface area contributed by atoms with Gasteiger partial charge in [-0.2, -0.15) is 13.2 Å². The fourth-order valence-corrected chi connectivity index (χ4v) is 3.86. The highest BCUT2D eigenvalue weighted by atomic mass is 32.2. The number of nitrogens with one attached hydrogen (secondary N) is 1. The molecule has 2 fully saturated rings. The summed E-state index contributed by atoms with van der Waals surface area (Å²) in [5.41, 5.74) is -1.04. The van der Waals surface area contributed by atoms with Crippen molar-refractivity contribution in [2.75, 3.05) is 13.1 Å². The predicted octanol–water partition coefficient (Wildman–Crippen LogP) is 1.21. The Morgan fingerprint density at radius 2 is 1.90 bits per heavy atom. The Labute approximate surface area is 119 Å². The van der Waals surface area contributed by atoms with Crippen LogP contribution in [0.15, 0.2) is 17.0 Å². The Bertz CT molecular complexity index is 675. The van der Waals surface area contributed by atoms with Crippen LogP contribution in [0.1, 0.15) is 30.1 Å². The normalized spacial score (nSPS) is 21.9. The SMILES string of the molecule is NS(=O)(=O)c1ccc(C(F)(F)F)nc1C1CC2(CNC2)C1. The minimum Gasteiger partial charge on any atom is -0.316 e. The first-order valence-corrected chi connectivity index (χ1v) is 7.97. The fraction of sp³-hybridized carbons (Fsp3) is 0.583. The second kappa shape index (κ2) is 4.40. The summed E-state index contributed by atoms with van der Waals surface area (Å²) in [4.78, 5) is 3.25. The molecule has 1 saturated carbocycles. The molecule has 0 bridgehead atoms. The summed E-state index contributed by atoms with van der Waals surface area (Å²) in [6.45, 7) is 1.63. The molecular weight excluding hydrogens is 307 g/mol. The van der Waals surface area contributed by atoms with Crippen LogP contribution in [0.3, 0.4) is 0 Å². The molecule has 0 amide bonds. The molecule has 2 heterocycles. The number of nitrogens with two attached hydrogens (primary N) is 1. The molecule has 1 aliphatic carbocycles. The zero-order valence-electron chi connectivity index (χ0n) is 10.9. The average molecular weight is 321 g/mol. The van der Waals surface area contributed by atoms with Crippen LogP contribution in [0, 0.1) is 5.41 Å². The van der Waals surface area contributed by atoms with Crippen LogP contribution < -0.4 is 10.5 Å². The molecule has 116 valence electrons. The Hall–Kier alpha value is -1.19. The molecule has 0 unspecified atom stereocenters. The van der Waals surface area contributed by atoms with E-state index in [9.17, 15) is 21.6 Å². The van der Waals surface area contributed by atoms with Crippen molar-refractivity contribution in [3.8, 4) is 0 Å². The highest BCUT2D eigenvalue weighted by Crippen LogP contribution is 2.53. The standard InChI is InChI=1S/C12H14F3N3O2S/c13-12(14,15)9-2-1-8(21(16,19)20)10(18-9)7-3-11(4-7)5-17-6-11/h1-2,7,17H,3-6H2,(H2,16,19,20). The first kappa shape index (κ1) is 14.7. The van der Waals surface area contributed by atoms with E-state index >= 15 is 0 Å². The fourth-order valence-electron chi connectivity index (χ4n) is 3.10. The first-order valence-electron chi connectivity index (χ1n) is 6.42. The predicted molar refractivity (Wildman–Crippen MR) is 67.9 cm³/mol. The van der Waals surface area contributed by atoms with Gasteiger partial charge in [-0.25, -0.2) is 18.5 Å². The minimum absolute atomic E-state index is 0.0511. The molecule has 3 N–H and O–H groups in total. The number of aromatic nitrogens is 1. The second-order valence-electron chi connectivity index (χ2n) is 5.83. The molecule has 1 aliphatic heterocycles. The Morgan fingerprint density at radius 1 is 1.29 bits per heavy atom. The van der Waals surface area contributed by atoms with Crippen molar-refractivity contribution >= 4 is 10.0 Å². The molecule has 2 aliphatic rings. The number of pyridine rings is 1. The van der Waals surface area contributed by atoms with E-state index in [-0.39, 0.29) is 21.9 Å². The number of alkyl halides is 3. The van der Waals surface area contributed by atoms with E-state index in [0.29, 0.717) is 18.9 Å². The molecule has 0 atom stereocenters.